The summed E-state index contributed by atoms with van der Waals surface area (Å²) in [4.78, 5) is 0. The minimum Gasteiger partial charge on any atom is -0.362 e. The zero-order chi connectivity index (χ0) is 12.9. The van der Waals surface area contributed by atoms with Crippen molar-refractivity contribution in [2.75, 3.05) is 0 Å². The van der Waals surface area contributed by atoms with Crippen molar-refractivity contribution in [2.45, 2.75) is 35.2 Å². The highest BCUT2D eigenvalue weighted by atomic mass is 16.7. The molecule has 0 bridgehead atoms. The molecule has 0 N–H and O–H groups in total. The fourth-order valence-corrected chi connectivity index (χ4v) is 15.0. The van der Waals surface area contributed by atoms with E-state index in [0.717, 1.165) is 71.0 Å². The normalized spacial score (nSPS) is 108. The SMILES string of the molecule is C1[C@H]2[C@@H]3[C@H]4[C@H]5[C@H]6[C@H]7[C@@H]8[C@H]9[C@@H]6[C@H]4[C@]24O[C@@]94C[C@H]8[C@]24O[C@]12[C@H]3[C@@H]5[C@@H]74. The van der Waals surface area contributed by atoms with Gasteiger partial charge in [-0.2, -0.15) is 0 Å². The van der Waals surface area contributed by atoms with Crippen LogP contribution >= 0.6 is 0 Å². The molecular weight excluding hydrogens is 272 g/mol. The second-order valence-corrected chi connectivity index (χ2v) is 11.9. The van der Waals surface area contributed by atoms with Crippen LogP contribution in [0.5, 0.6) is 0 Å². The van der Waals surface area contributed by atoms with E-state index >= 15 is 0 Å². The molecular formula is C20H18O2. The number of ether oxygens (including phenoxy) is 2. The van der Waals surface area contributed by atoms with Gasteiger partial charge in [0.05, 0.1) is 0 Å². The van der Waals surface area contributed by atoms with E-state index < -0.39 is 0 Å². The summed E-state index contributed by atoms with van der Waals surface area (Å²) in [5, 5.41) is 0. The molecule has 0 aromatic rings. The first-order valence-corrected chi connectivity index (χ1v) is 10.2. The number of hydrogen-bond donors (Lipinski definition) is 0. The second kappa shape index (κ2) is 1.70. The van der Waals surface area contributed by atoms with Gasteiger partial charge in [-0.1, -0.05) is 0 Å². The Labute approximate surface area is 128 Å². The van der Waals surface area contributed by atoms with Crippen LogP contribution in [-0.2, 0) is 9.47 Å². The lowest BCUT2D eigenvalue weighted by atomic mass is 9.70. The molecule has 0 radical (unpaired) electrons. The lowest BCUT2D eigenvalue weighted by Gasteiger charge is -2.29. The summed E-state index contributed by atoms with van der Waals surface area (Å²) in [6.07, 6.45) is 2.91. The summed E-state index contributed by atoms with van der Waals surface area (Å²) in [5.74, 6) is 15.0. The molecule has 0 amide bonds. The minimum atomic E-state index is 0.419. The smallest absolute Gasteiger partial charge is 0.105 e. The molecule has 12 rings (SSSR count). The summed E-state index contributed by atoms with van der Waals surface area (Å²) >= 11 is 0. The van der Waals surface area contributed by atoms with Crippen LogP contribution in [0.1, 0.15) is 12.8 Å². The van der Waals surface area contributed by atoms with Crippen molar-refractivity contribution in [3.05, 3.63) is 0 Å². The average Bonchev–Trinajstić information content (AvgIpc) is 2.96. The second-order valence-electron chi connectivity index (χ2n) is 11.9. The molecule has 18 atom stereocenters. The van der Waals surface area contributed by atoms with Gasteiger partial charge in [0.15, 0.2) is 0 Å². The van der Waals surface area contributed by atoms with Crippen molar-refractivity contribution in [2.24, 2.45) is 82.9 Å². The zero-order valence-electron chi connectivity index (χ0n) is 12.3. The first-order chi connectivity index (χ1) is 10.8. The molecule has 2 heteroatoms. The van der Waals surface area contributed by atoms with Crippen molar-refractivity contribution in [3.63, 3.8) is 0 Å². The van der Waals surface area contributed by atoms with Gasteiger partial charge < -0.3 is 9.47 Å². The molecule has 12 aliphatic rings. The van der Waals surface area contributed by atoms with E-state index in [9.17, 15) is 0 Å². The van der Waals surface area contributed by atoms with E-state index in [1.807, 2.05) is 0 Å². The average molecular weight is 290 g/mol. The summed E-state index contributed by atoms with van der Waals surface area (Å²) < 4.78 is 14.0. The Kier molecular flexibility index (Phi) is 0.683. The lowest BCUT2D eigenvalue weighted by Crippen LogP contribution is -2.40. The Morgan fingerprint density at radius 2 is 1.00 bits per heavy atom. The van der Waals surface area contributed by atoms with Crippen LogP contribution in [0.25, 0.3) is 0 Å². The largest absolute Gasteiger partial charge is 0.362 e. The molecule has 10 saturated carbocycles. The van der Waals surface area contributed by atoms with Crippen LogP contribution in [0.4, 0.5) is 0 Å². The van der Waals surface area contributed by atoms with Crippen LogP contribution in [0.2, 0.25) is 0 Å². The van der Waals surface area contributed by atoms with Crippen molar-refractivity contribution in [3.8, 4) is 0 Å². The first kappa shape index (κ1) is 8.85. The molecule has 12 fully saturated rings. The monoisotopic (exact) mass is 290 g/mol. The van der Waals surface area contributed by atoms with Gasteiger partial charge in [-0.05, 0) is 95.7 Å². The molecule has 0 unspecified atom stereocenters. The minimum absolute atomic E-state index is 0.419. The first-order valence-electron chi connectivity index (χ1n) is 10.2. The van der Waals surface area contributed by atoms with Gasteiger partial charge in [0.2, 0.25) is 0 Å². The van der Waals surface area contributed by atoms with E-state index in [2.05, 4.69) is 0 Å². The van der Waals surface area contributed by atoms with Crippen molar-refractivity contribution in [1.82, 2.24) is 0 Å². The maximum Gasteiger partial charge on any atom is 0.105 e. The van der Waals surface area contributed by atoms with Gasteiger partial charge in [0.1, 0.15) is 22.4 Å². The van der Waals surface area contributed by atoms with Crippen LogP contribution in [0.15, 0.2) is 0 Å². The zero-order valence-corrected chi connectivity index (χ0v) is 12.3. The highest BCUT2D eigenvalue weighted by Crippen LogP contribution is 3.06. The molecule has 2 saturated heterocycles. The molecule has 10 aliphatic carbocycles. The Hall–Kier alpha value is -0.0800. The van der Waals surface area contributed by atoms with Gasteiger partial charge in [-0.3, -0.25) is 0 Å². The van der Waals surface area contributed by atoms with E-state index in [-0.39, 0.29) is 0 Å². The van der Waals surface area contributed by atoms with Gasteiger partial charge >= 0.3 is 0 Å². The van der Waals surface area contributed by atoms with Crippen molar-refractivity contribution < 1.29 is 9.47 Å². The maximum atomic E-state index is 7.02. The molecule has 0 aromatic carbocycles. The molecule has 2 nitrogen and oxygen atoms in total. The lowest BCUT2D eigenvalue weighted by molar-refractivity contribution is 0.0783. The van der Waals surface area contributed by atoms with E-state index in [1.165, 1.54) is 24.7 Å². The quantitative estimate of drug-likeness (QED) is 0.632. The number of rotatable bonds is 0. The molecule has 22 heavy (non-hydrogen) atoms. The van der Waals surface area contributed by atoms with Crippen molar-refractivity contribution in [1.29, 1.82) is 0 Å². The third kappa shape index (κ3) is 0.364. The predicted octanol–water partition coefficient (Wildman–Crippen LogP) is 1.54. The Bertz CT molecular complexity index is 794. The van der Waals surface area contributed by atoms with Gasteiger partial charge in [-0.15, -0.1) is 0 Å². The fraction of sp³-hybridized carbons (Fsp3) is 1.00. The van der Waals surface area contributed by atoms with Crippen LogP contribution in [0, 0.1) is 82.9 Å². The molecule has 4 spiro atoms. The van der Waals surface area contributed by atoms with E-state index in [4.69, 9.17) is 9.47 Å². The van der Waals surface area contributed by atoms with Crippen molar-refractivity contribution >= 4 is 0 Å². The van der Waals surface area contributed by atoms with Crippen LogP contribution in [0.3, 0.4) is 0 Å². The van der Waals surface area contributed by atoms with Crippen LogP contribution in [-0.4, -0.2) is 22.4 Å². The molecule has 0 aromatic heterocycles. The van der Waals surface area contributed by atoms with E-state index in [0.29, 0.717) is 22.4 Å². The van der Waals surface area contributed by atoms with Crippen LogP contribution < -0.4 is 0 Å². The third-order valence-electron chi connectivity index (χ3n) is 13.5. The van der Waals surface area contributed by atoms with Gasteiger partial charge in [-0.25, -0.2) is 0 Å². The number of epoxide rings is 2. The summed E-state index contributed by atoms with van der Waals surface area (Å²) in [7, 11) is 0. The number of hydrogen-bond acceptors (Lipinski definition) is 2. The summed E-state index contributed by atoms with van der Waals surface area (Å²) in [5.41, 5.74) is 1.69. The molecule has 2 aliphatic heterocycles. The summed E-state index contributed by atoms with van der Waals surface area (Å²) in [6.45, 7) is 0. The third-order valence-corrected chi connectivity index (χ3v) is 13.5. The Balaban J connectivity index is 1.45. The fourth-order valence-electron chi connectivity index (χ4n) is 15.0. The maximum absolute atomic E-state index is 7.02. The highest BCUT2D eigenvalue weighted by molar-refractivity contribution is 5.58. The summed E-state index contributed by atoms with van der Waals surface area (Å²) in [6, 6.07) is 0. The standard InChI is InChI=1S/C20H18O2/c1-3-5-9-7-8-10-6-4(20-16(10)11(7)13(5)17(1,20)21-20)2-18-14(6)12(8)15(9)19(3,18)22-18/h3-16H,1-2H2/t3-,4+,5-,6-,7+,8-,9-,10+,11-,12-,13+,14-,15-,16+,17+,18+,19-,20-/m1/s1. The Morgan fingerprint density at radius 3 is 1.50 bits per heavy atom. The molecule has 110 valence electrons. The predicted molar refractivity (Wildman–Crippen MR) is 71.2 cm³/mol. The van der Waals surface area contributed by atoms with Gasteiger partial charge in [0, 0.05) is 0 Å². The van der Waals surface area contributed by atoms with Gasteiger partial charge in [0.25, 0.3) is 0 Å². The van der Waals surface area contributed by atoms with E-state index in [1.54, 1.807) is 0 Å². The topological polar surface area (TPSA) is 25.1 Å². The molecule has 2 heterocycles. The Morgan fingerprint density at radius 1 is 0.500 bits per heavy atom. The highest BCUT2D eigenvalue weighted by Gasteiger charge is 3.11.